The Morgan fingerprint density at radius 2 is 1.62 bits per heavy atom. The molecule has 1 aromatic heterocycles. The number of carbonyl (C=O) groups excluding carboxylic acids is 1. The lowest BCUT2D eigenvalue weighted by molar-refractivity contribution is 0.104. The van der Waals surface area contributed by atoms with Crippen LogP contribution in [0.25, 0.3) is 17.0 Å². The number of ether oxygens (including phenoxy) is 3. The van der Waals surface area contributed by atoms with Gasteiger partial charge >= 0.3 is 0 Å². The van der Waals surface area contributed by atoms with Gasteiger partial charge in [-0.15, -0.1) is 0 Å². The molecule has 1 N–H and O–H groups in total. The number of anilines is 2. The van der Waals surface area contributed by atoms with Gasteiger partial charge in [-0.2, -0.15) is 0 Å². The number of allylic oxidation sites excluding steroid dienone is 1. The Balaban J connectivity index is 1.50. The number of rotatable bonds is 8. The van der Waals surface area contributed by atoms with Crippen LogP contribution in [0, 0.1) is 0 Å². The van der Waals surface area contributed by atoms with Gasteiger partial charge in [-0.1, -0.05) is 17.7 Å². The number of pyridine rings is 1. The fourth-order valence-electron chi connectivity index (χ4n) is 3.57. The first kappa shape index (κ1) is 23.1. The summed E-state index contributed by atoms with van der Waals surface area (Å²) < 4.78 is 16.1. The van der Waals surface area contributed by atoms with Gasteiger partial charge in [0.2, 0.25) is 5.75 Å². The molecule has 0 aliphatic heterocycles. The molecular formula is C27H23ClN2O4. The van der Waals surface area contributed by atoms with Crippen molar-refractivity contribution in [2.45, 2.75) is 0 Å². The predicted molar refractivity (Wildman–Crippen MR) is 136 cm³/mol. The van der Waals surface area contributed by atoms with Crippen molar-refractivity contribution in [3.05, 3.63) is 89.1 Å². The molecule has 0 saturated heterocycles. The van der Waals surface area contributed by atoms with Gasteiger partial charge < -0.3 is 19.5 Å². The SMILES string of the molecule is COc1cc(/C=C/C(=O)c2ccc(Nc3ccnc4cc(Cl)ccc34)cc2)cc(OC)c1OC. The molecule has 172 valence electrons. The van der Waals surface area contributed by atoms with Crippen molar-refractivity contribution in [2.24, 2.45) is 0 Å². The number of ketones is 1. The highest BCUT2D eigenvalue weighted by molar-refractivity contribution is 6.31. The second kappa shape index (κ2) is 10.3. The number of nitrogens with zero attached hydrogens (tertiary/aromatic N) is 1. The van der Waals surface area contributed by atoms with E-state index in [2.05, 4.69) is 10.3 Å². The third-order valence-electron chi connectivity index (χ3n) is 5.27. The minimum absolute atomic E-state index is 0.121. The molecule has 0 saturated carbocycles. The summed E-state index contributed by atoms with van der Waals surface area (Å²) in [6, 6.07) is 18.3. The van der Waals surface area contributed by atoms with E-state index in [0.29, 0.717) is 27.8 Å². The van der Waals surface area contributed by atoms with Crippen LogP contribution in [-0.2, 0) is 0 Å². The summed E-state index contributed by atoms with van der Waals surface area (Å²) in [5, 5.41) is 4.97. The third kappa shape index (κ3) is 4.97. The number of hydrogen-bond acceptors (Lipinski definition) is 6. The normalized spacial score (nSPS) is 10.9. The summed E-state index contributed by atoms with van der Waals surface area (Å²) in [7, 11) is 4.65. The monoisotopic (exact) mass is 474 g/mol. The molecule has 7 heteroatoms. The van der Waals surface area contributed by atoms with Gasteiger partial charge in [0.15, 0.2) is 17.3 Å². The topological polar surface area (TPSA) is 69.7 Å². The van der Waals surface area contributed by atoms with Crippen LogP contribution in [0.3, 0.4) is 0 Å². The molecule has 1 heterocycles. The highest BCUT2D eigenvalue weighted by atomic mass is 35.5. The lowest BCUT2D eigenvalue weighted by atomic mass is 10.1. The molecule has 0 aliphatic rings. The summed E-state index contributed by atoms with van der Waals surface area (Å²) in [5.41, 5.74) is 3.89. The second-order valence-corrected chi connectivity index (χ2v) is 7.82. The number of carbonyl (C=O) groups is 1. The van der Waals surface area contributed by atoms with Crippen LogP contribution in [0.1, 0.15) is 15.9 Å². The van der Waals surface area contributed by atoms with E-state index in [1.54, 1.807) is 57.9 Å². The first-order chi connectivity index (χ1) is 16.5. The van der Waals surface area contributed by atoms with Crippen LogP contribution in [0.2, 0.25) is 5.02 Å². The minimum Gasteiger partial charge on any atom is -0.493 e. The number of methoxy groups -OCH3 is 3. The highest BCUT2D eigenvalue weighted by Gasteiger charge is 2.12. The fourth-order valence-corrected chi connectivity index (χ4v) is 3.74. The summed E-state index contributed by atoms with van der Waals surface area (Å²) >= 11 is 6.07. The molecule has 0 atom stereocenters. The smallest absolute Gasteiger partial charge is 0.203 e. The standard InChI is InChI=1S/C27H23ClN2O4/c1-32-25-14-17(15-26(33-2)27(25)34-3)4-11-24(31)18-5-8-20(9-6-18)30-22-12-13-29-23-16-19(28)7-10-21(22)23/h4-16H,1-3H3,(H,29,30)/b11-4+. The Kier molecular flexibility index (Phi) is 6.99. The average Bonchev–Trinajstić information content (AvgIpc) is 2.86. The Morgan fingerprint density at radius 1 is 0.912 bits per heavy atom. The molecule has 0 fully saturated rings. The zero-order valence-corrected chi connectivity index (χ0v) is 19.7. The molecule has 0 spiro atoms. The van der Waals surface area contributed by atoms with E-state index in [-0.39, 0.29) is 5.78 Å². The molecule has 0 radical (unpaired) electrons. The van der Waals surface area contributed by atoms with Gasteiger partial charge in [0.05, 0.1) is 26.8 Å². The number of hydrogen-bond donors (Lipinski definition) is 1. The number of nitrogens with one attached hydrogen (secondary N) is 1. The maximum absolute atomic E-state index is 12.7. The zero-order chi connectivity index (χ0) is 24.1. The lowest BCUT2D eigenvalue weighted by Crippen LogP contribution is -1.97. The molecule has 34 heavy (non-hydrogen) atoms. The van der Waals surface area contributed by atoms with E-state index >= 15 is 0 Å². The summed E-state index contributed by atoms with van der Waals surface area (Å²) in [6.07, 6.45) is 4.96. The Morgan fingerprint density at radius 3 is 2.26 bits per heavy atom. The summed E-state index contributed by atoms with van der Waals surface area (Å²) in [6.45, 7) is 0. The van der Waals surface area contributed by atoms with Gasteiger partial charge in [0.1, 0.15) is 0 Å². The third-order valence-corrected chi connectivity index (χ3v) is 5.50. The predicted octanol–water partition coefficient (Wildman–Crippen LogP) is 6.55. The van der Waals surface area contributed by atoms with Crippen LogP contribution < -0.4 is 19.5 Å². The van der Waals surface area contributed by atoms with Crippen LogP contribution >= 0.6 is 11.6 Å². The molecule has 0 unspecified atom stereocenters. The maximum Gasteiger partial charge on any atom is 0.203 e. The molecular weight excluding hydrogens is 452 g/mol. The fraction of sp³-hybridized carbons (Fsp3) is 0.111. The molecule has 6 nitrogen and oxygen atoms in total. The summed E-state index contributed by atoms with van der Waals surface area (Å²) in [5.74, 6) is 1.43. The van der Waals surface area contributed by atoms with Crippen LogP contribution in [0.5, 0.6) is 17.2 Å². The number of halogens is 1. The van der Waals surface area contributed by atoms with E-state index in [4.69, 9.17) is 25.8 Å². The first-order valence-electron chi connectivity index (χ1n) is 10.5. The molecule has 0 bridgehead atoms. The van der Waals surface area contributed by atoms with Gasteiger partial charge in [-0.05, 0) is 72.3 Å². The molecule has 3 aromatic carbocycles. The first-order valence-corrected chi connectivity index (χ1v) is 10.8. The van der Waals surface area contributed by atoms with E-state index in [9.17, 15) is 4.79 Å². The van der Waals surface area contributed by atoms with Crippen molar-refractivity contribution in [3.8, 4) is 17.2 Å². The summed E-state index contributed by atoms with van der Waals surface area (Å²) in [4.78, 5) is 17.1. The van der Waals surface area contributed by atoms with Gasteiger partial charge in [-0.25, -0.2) is 0 Å². The van der Waals surface area contributed by atoms with Crippen molar-refractivity contribution in [1.29, 1.82) is 0 Å². The largest absolute Gasteiger partial charge is 0.493 e. The van der Waals surface area contributed by atoms with Crippen molar-refractivity contribution in [1.82, 2.24) is 4.98 Å². The Hall–Kier alpha value is -4.03. The molecule has 4 rings (SSSR count). The van der Waals surface area contributed by atoms with Crippen LogP contribution in [-0.4, -0.2) is 32.1 Å². The molecule has 0 aliphatic carbocycles. The Bertz CT molecular complexity index is 1340. The van der Waals surface area contributed by atoms with E-state index in [0.717, 1.165) is 27.8 Å². The van der Waals surface area contributed by atoms with Crippen LogP contribution in [0.4, 0.5) is 11.4 Å². The van der Waals surface area contributed by atoms with E-state index < -0.39 is 0 Å². The van der Waals surface area contributed by atoms with Crippen molar-refractivity contribution in [3.63, 3.8) is 0 Å². The van der Waals surface area contributed by atoms with Gasteiger partial charge in [0.25, 0.3) is 0 Å². The average molecular weight is 475 g/mol. The highest BCUT2D eigenvalue weighted by Crippen LogP contribution is 2.38. The number of fused-ring (bicyclic) bond motifs is 1. The number of benzene rings is 3. The second-order valence-electron chi connectivity index (χ2n) is 7.38. The van der Waals surface area contributed by atoms with Gasteiger partial charge in [0, 0.05) is 33.5 Å². The van der Waals surface area contributed by atoms with Gasteiger partial charge in [-0.3, -0.25) is 9.78 Å². The van der Waals surface area contributed by atoms with Crippen molar-refractivity contribution < 1.29 is 19.0 Å². The zero-order valence-electron chi connectivity index (χ0n) is 19.0. The van der Waals surface area contributed by atoms with Crippen LogP contribution in [0.15, 0.2) is 72.9 Å². The molecule has 4 aromatic rings. The quantitative estimate of drug-likeness (QED) is 0.230. The Labute approximate surface area is 202 Å². The lowest BCUT2D eigenvalue weighted by Gasteiger charge is -2.12. The van der Waals surface area contributed by atoms with E-state index in [1.807, 2.05) is 36.4 Å². The van der Waals surface area contributed by atoms with Crippen molar-refractivity contribution >= 4 is 45.7 Å². The van der Waals surface area contributed by atoms with Crippen molar-refractivity contribution in [2.75, 3.05) is 26.6 Å². The number of aromatic nitrogens is 1. The minimum atomic E-state index is -0.121. The van der Waals surface area contributed by atoms with E-state index in [1.165, 1.54) is 6.08 Å². The molecule has 0 amide bonds. The maximum atomic E-state index is 12.7.